The van der Waals surface area contributed by atoms with E-state index in [0.717, 1.165) is 23.4 Å². The summed E-state index contributed by atoms with van der Waals surface area (Å²) in [5.41, 5.74) is 4.41. The summed E-state index contributed by atoms with van der Waals surface area (Å²) in [4.78, 5) is 30.2. The van der Waals surface area contributed by atoms with Gasteiger partial charge in [-0.05, 0) is 34.7 Å². The van der Waals surface area contributed by atoms with Crippen molar-refractivity contribution in [2.45, 2.75) is 39.0 Å². The summed E-state index contributed by atoms with van der Waals surface area (Å²) >= 11 is 0. The first-order valence-corrected chi connectivity index (χ1v) is 12.9. The lowest BCUT2D eigenvalue weighted by Gasteiger charge is -2.38. The van der Waals surface area contributed by atoms with Crippen molar-refractivity contribution in [1.82, 2.24) is 14.4 Å². The van der Waals surface area contributed by atoms with E-state index in [1.165, 1.54) is 5.56 Å². The second-order valence-corrected chi connectivity index (χ2v) is 9.72. The van der Waals surface area contributed by atoms with Crippen LogP contribution in [0.5, 0.6) is 0 Å². The van der Waals surface area contributed by atoms with Gasteiger partial charge in [0.1, 0.15) is 6.61 Å². The number of aromatic nitrogens is 1. The highest BCUT2D eigenvalue weighted by atomic mass is 16.5. The smallest absolute Gasteiger partial charge is 0.249 e. The van der Waals surface area contributed by atoms with Crippen LogP contribution in [0.2, 0.25) is 0 Å². The molecule has 0 aliphatic carbocycles. The first-order chi connectivity index (χ1) is 18.0. The Bertz CT molecular complexity index is 1160. The molecule has 7 heteroatoms. The molecule has 1 unspecified atom stereocenters. The second kappa shape index (κ2) is 12.7. The molecule has 0 fully saturated rings. The fourth-order valence-corrected chi connectivity index (χ4v) is 4.74. The van der Waals surface area contributed by atoms with Gasteiger partial charge in [0.2, 0.25) is 11.8 Å². The molecule has 37 heavy (non-hydrogen) atoms. The molecule has 1 aliphatic heterocycles. The molecule has 2 amide bonds. The normalized spacial score (nSPS) is 15.0. The number of carbonyl (C=O) groups excluding carboxylic acids is 2. The van der Waals surface area contributed by atoms with Crippen molar-refractivity contribution in [2.75, 3.05) is 40.0 Å². The lowest BCUT2D eigenvalue weighted by molar-refractivity contribution is -0.145. The number of benzene rings is 2. The molecule has 0 spiro atoms. The van der Waals surface area contributed by atoms with Gasteiger partial charge < -0.3 is 23.8 Å². The molecule has 4 rings (SSSR count). The Kier molecular flexibility index (Phi) is 9.14. The first kappa shape index (κ1) is 26.6. The van der Waals surface area contributed by atoms with Crippen molar-refractivity contribution in [2.24, 2.45) is 0 Å². The largest absolute Gasteiger partial charge is 0.383 e. The van der Waals surface area contributed by atoms with Gasteiger partial charge in [-0.25, -0.2) is 0 Å². The van der Waals surface area contributed by atoms with Crippen molar-refractivity contribution in [3.05, 3.63) is 95.3 Å². The third-order valence-corrected chi connectivity index (χ3v) is 6.86. The van der Waals surface area contributed by atoms with Crippen LogP contribution < -0.4 is 0 Å². The van der Waals surface area contributed by atoms with E-state index in [4.69, 9.17) is 9.47 Å². The van der Waals surface area contributed by atoms with Gasteiger partial charge in [0.15, 0.2) is 0 Å². The number of carbonyl (C=O) groups is 2. The maximum absolute atomic E-state index is 13.7. The predicted octanol–water partition coefficient (Wildman–Crippen LogP) is 4.23. The van der Waals surface area contributed by atoms with E-state index in [1.54, 1.807) is 12.0 Å². The topological polar surface area (TPSA) is 64.0 Å². The molecule has 1 aliphatic rings. The third kappa shape index (κ3) is 6.67. The third-order valence-electron chi connectivity index (χ3n) is 6.86. The maximum Gasteiger partial charge on any atom is 0.249 e. The van der Waals surface area contributed by atoms with Crippen molar-refractivity contribution in [3.8, 4) is 0 Å². The molecule has 0 radical (unpaired) electrons. The standard InChI is InChI=1S/C30H37N3O4/c1-23(2)25-11-13-26(14-12-25)30-27-10-7-15-31(27)16-17-33(30)28(34)20-32(18-19-36-3)29(35)22-37-21-24-8-5-4-6-9-24/h4-15,23,30H,16-22H2,1-3H3. The number of amides is 2. The minimum absolute atomic E-state index is 0.0157. The Morgan fingerprint density at radius 3 is 2.46 bits per heavy atom. The van der Waals surface area contributed by atoms with Gasteiger partial charge in [-0.3, -0.25) is 9.59 Å². The van der Waals surface area contributed by atoms with Gasteiger partial charge >= 0.3 is 0 Å². The number of rotatable bonds is 11. The summed E-state index contributed by atoms with van der Waals surface area (Å²) in [7, 11) is 1.59. The number of nitrogens with zero attached hydrogens (tertiary/aromatic N) is 3. The fraction of sp³-hybridized carbons (Fsp3) is 0.400. The molecule has 0 N–H and O–H groups in total. The van der Waals surface area contributed by atoms with E-state index in [0.29, 0.717) is 32.2 Å². The molecule has 196 valence electrons. The van der Waals surface area contributed by atoms with Crippen LogP contribution in [0.25, 0.3) is 0 Å². The minimum atomic E-state index is -0.223. The average molecular weight is 504 g/mol. The predicted molar refractivity (Wildman–Crippen MR) is 143 cm³/mol. The van der Waals surface area contributed by atoms with E-state index < -0.39 is 0 Å². The lowest BCUT2D eigenvalue weighted by Crippen LogP contribution is -2.49. The Balaban J connectivity index is 1.48. The quantitative estimate of drug-likeness (QED) is 0.393. The monoisotopic (exact) mass is 503 g/mol. The summed E-state index contributed by atoms with van der Waals surface area (Å²) in [6.45, 7) is 6.56. The lowest BCUT2D eigenvalue weighted by atomic mass is 9.95. The fourth-order valence-electron chi connectivity index (χ4n) is 4.74. The second-order valence-electron chi connectivity index (χ2n) is 9.72. The molecule has 7 nitrogen and oxygen atoms in total. The van der Waals surface area contributed by atoms with Crippen molar-refractivity contribution < 1.29 is 19.1 Å². The van der Waals surface area contributed by atoms with Gasteiger partial charge in [0.05, 0.1) is 25.8 Å². The molecule has 2 aromatic carbocycles. The Morgan fingerprint density at radius 2 is 1.76 bits per heavy atom. The van der Waals surface area contributed by atoms with Crippen LogP contribution in [0, 0.1) is 0 Å². The summed E-state index contributed by atoms with van der Waals surface area (Å²) in [6.07, 6.45) is 2.06. The van der Waals surface area contributed by atoms with Crippen molar-refractivity contribution in [3.63, 3.8) is 0 Å². The molecule has 0 bridgehead atoms. The van der Waals surface area contributed by atoms with Gasteiger partial charge in [-0.15, -0.1) is 0 Å². The van der Waals surface area contributed by atoms with Gasteiger partial charge in [-0.2, -0.15) is 0 Å². The molecule has 1 atom stereocenters. The molecule has 1 aromatic heterocycles. The molecule has 3 aromatic rings. The Morgan fingerprint density at radius 1 is 1.00 bits per heavy atom. The number of fused-ring (bicyclic) bond motifs is 1. The maximum atomic E-state index is 13.7. The van der Waals surface area contributed by atoms with E-state index in [1.807, 2.05) is 41.3 Å². The van der Waals surface area contributed by atoms with E-state index in [-0.39, 0.29) is 31.0 Å². The summed E-state index contributed by atoms with van der Waals surface area (Å²) in [5, 5.41) is 0. The van der Waals surface area contributed by atoms with Crippen LogP contribution in [0.1, 0.15) is 48.2 Å². The summed E-state index contributed by atoms with van der Waals surface area (Å²) in [5.74, 6) is 0.129. The van der Waals surface area contributed by atoms with Crippen LogP contribution >= 0.6 is 0 Å². The Hall–Kier alpha value is -3.42. The number of methoxy groups -OCH3 is 1. The summed E-state index contributed by atoms with van der Waals surface area (Å²) < 4.78 is 13.1. The number of hydrogen-bond donors (Lipinski definition) is 0. The molecular formula is C30H37N3O4. The van der Waals surface area contributed by atoms with E-state index >= 15 is 0 Å². The highest BCUT2D eigenvalue weighted by Crippen LogP contribution is 2.33. The zero-order valence-electron chi connectivity index (χ0n) is 22.0. The molecule has 2 heterocycles. The highest BCUT2D eigenvalue weighted by molar-refractivity contribution is 5.86. The minimum Gasteiger partial charge on any atom is -0.383 e. The first-order valence-electron chi connectivity index (χ1n) is 12.9. The van der Waals surface area contributed by atoms with E-state index in [2.05, 4.69) is 54.9 Å². The van der Waals surface area contributed by atoms with Crippen molar-refractivity contribution in [1.29, 1.82) is 0 Å². The average Bonchev–Trinajstić information content (AvgIpc) is 3.40. The van der Waals surface area contributed by atoms with Crippen LogP contribution in [-0.4, -0.2) is 66.1 Å². The Labute approximate surface area is 219 Å². The van der Waals surface area contributed by atoms with Gasteiger partial charge in [0.25, 0.3) is 0 Å². The summed E-state index contributed by atoms with van der Waals surface area (Å²) in [6, 6.07) is 22.1. The molecule has 0 saturated carbocycles. The highest BCUT2D eigenvalue weighted by Gasteiger charge is 2.33. The van der Waals surface area contributed by atoms with E-state index in [9.17, 15) is 9.59 Å². The molecular weight excluding hydrogens is 466 g/mol. The van der Waals surface area contributed by atoms with Gasteiger partial charge in [0, 0.05) is 38.6 Å². The van der Waals surface area contributed by atoms with Crippen molar-refractivity contribution >= 4 is 11.8 Å². The van der Waals surface area contributed by atoms with Crippen LogP contribution in [0.3, 0.4) is 0 Å². The zero-order chi connectivity index (χ0) is 26.2. The SMILES string of the molecule is COCCN(CC(=O)N1CCn2cccc2C1c1ccc(C(C)C)cc1)C(=O)COCc1ccccc1. The number of ether oxygens (including phenoxy) is 2. The number of hydrogen-bond acceptors (Lipinski definition) is 4. The zero-order valence-corrected chi connectivity index (χ0v) is 22.0. The van der Waals surface area contributed by atoms with Gasteiger partial charge in [-0.1, -0.05) is 68.4 Å². The molecule has 0 saturated heterocycles. The van der Waals surface area contributed by atoms with Crippen LogP contribution in [-0.2, 0) is 32.2 Å². The van der Waals surface area contributed by atoms with Crippen LogP contribution in [0.4, 0.5) is 0 Å². The van der Waals surface area contributed by atoms with Crippen LogP contribution in [0.15, 0.2) is 72.9 Å².